The molecular weight excluding hydrogens is 378 g/mol. The number of rotatable bonds is 9. The van der Waals surface area contributed by atoms with Crippen molar-refractivity contribution in [2.45, 2.75) is 18.7 Å². The van der Waals surface area contributed by atoms with Gasteiger partial charge in [-0.05, 0) is 44.2 Å². The minimum absolute atomic E-state index is 0.204. The quantitative estimate of drug-likeness (QED) is 0.468. The number of nitrogens with one attached hydrogen (secondary N) is 3. The molecule has 0 aliphatic heterocycles. The van der Waals surface area contributed by atoms with Crippen molar-refractivity contribution in [1.82, 2.24) is 24.5 Å². The van der Waals surface area contributed by atoms with E-state index in [-0.39, 0.29) is 11.4 Å². The lowest BCUT2D eigenvalue weighted by atomic mass is 10.3. The first-order valence-electron chi connectivity index (χ1n) is 8.91. The zero-order chi connectivity index (χ0) is 20.0. The fraction of sp³-hybridized carbons (Fsp3) is 0.278. The summed E-state index contributed by atoms with van der Waals surface area (Å²) in [4.78, 5) is 8.78. The minimum Gasteiger partial charge on any atom is -0.370 e. The van der Waals surface area contributed by atoms with Crippen molar-refractivity contribution < 1.29 is 8.42 Å². The van der Waals surface area contributed by atoms with Crippen LogP contribution in [0.3, 0.4) is 0 Å². The van der Waals surface area contributed by atoms with Crippen LogP contribution in [0.4, 0.5) is 11.6 Å². The first-order valence-corrected chi connectivity index (χ1v) is 10.4. The molecule has 9 nitrogen and oxygen atoms in total. The van der Waals surface area contributed by atoms with Gasteiger partial charge in [0.2, 0.25) is 10.0 Å². The highest BCUT2D eigenvalue weighted by molar-refractivity contribution is 7.89. The molecule has 28 heavy (non-hydrogen) atoms. The van der Waals surface area contributed by atoms with E-state index in [1.807, 2.05) is 13.8 Å². The van der Waals surface area contributed by atoms with Crippen LogP contribution in [0, 0.1) is 6.92 Å². The van der Waals surface area contributed by atoms with Gasteiger partial charge in [0.05, 0.1) is 10.6 Å². The average Bonchev–Trinajstić information content (AvgIpc) is 3.20. The summed E-state index contributed by atoms with van der Waals surface area (Å²) < 4.78 is 29.1. The zero-order valence-electron chi connectivity index (χ0n) is 15.8. The Morgan fingerprint density at radius 3 is 2.39 bits per heavy atom. The second-order valence-electron chi connectivity index (χ2n) is 5.99. The molecule has 0 saturated heterocycles. The van der Waals surface area contributed by atoms with Crippen molar-refractivity contribution in [3.63, 3.8) is 0 Å². The van der Waals surface area contributed by atoms with Crippen LogP contribution in [0.2, 0.25) is 0 Å². The number of aryl methyl sites for hydroxylation is 1. The highest BCUT2D eigenvalue weighted by atomic mass is 32.2. The smallest absolute Gasteiger partial charge is 0.240 e. The maximum atomic E-state index is 12.4. The number of anilines is 2. The minimum atomic E-state index is -3.59. The Labute approximate surface area is 164 Å². The SMILES string of the molecule is CCNc1cc(NCCNS(=O)(=O)c2ccc(-n3cccn3)cc2)nc(C)n1. The van der Waals surface area contributed by atoms with Crippen LogP contribution in [0.15, 0.2) is 53.7 Å². The largest absolute Gasteiger partial charge is 0.370 e. The lowest BCUT2D eigenvalue weighted by Gasteiger charge is -2.11. The van der Waals surface area contributed by atoms with Gasteiger partial charge in [-0.1, -0.05) is 0 Å². The Morgan fingerprint density at radius 2 is 1.75 bits per heavy atom. The van der Waals surface area contributed by atoms with Gasteiger partial charge in [0.1, 0.15) is 17.5 Å². The number of sulfonamides is 1. The van der Waals surface area contributed by atoms with Crippen molar-refractivity contribution >= 4 is 21.7 Å². The van der Waals surface area contributed by atoms with Gasteiger partial charge in [-0.15, -0.1) is 0 Å². The number of hydrogen-bond donors (Lipinski definition) is 3. The van der Waals surface area contributed by atoms with Crippen LogP contribution >= 0.6 is 0 Å². The summed E-state index contributed by atoms with van der Waals surface area (Å²) in [6.07, 6.45) is 3.46. The second-order valence-corrected chi connectivity index (χ2v) is 7.75. The fourth-order valence-electron chi connectivity index (χ4n) is 2.59. The van der Waals surface area contributed by atoms with E-state index in [9.17, 15) is 8.42 Å². The first kappa shape index (κ1) is 19.8. The Morgan fingerprint density at radius 1 is 1.04 bits per heavy atom. The molecule has 0 amide bonds. The van der Waals surface area contributed by atoms with Gasteiger partial charge >= 0.3 is 0 Å². The van der Waals surface area contributed by atoms with E-state index >= 15 is 0 Å². The lowest BCUT2D eigenvalue weighted by molar-refractivity contribution is 0.583. The van der Waals surface area contributed by atoms with Crippen LogP contribution < -0.4 is 15.4 Å². The summed E-state index contributed by atoms with van der Waals surface area (Å²) in [5.41, 5.74) is 0.793. The van der Waals surface area contributed by atoms with Crippen molar-refractivity contribution in [3.05, 3.63) is 54.6 Å². The molecule has 0 unspecified atom stereocenters. The van der Waals surface area contributed by atoms with E-state index in [2.05, 4.69) is 30.4 Å². The molecule has 148 valence electrons. The Hall–Kier alpha value is -2.98. The Balaban J connectivity index is 1.55. The van der Waals surface area contributed by atoms with Gasteiger partial charge < -0.3 is 10.6 Å². The van der Waals surface area contributed by atoms with Gasteiger partial charge in [-0.25, -0.2) is 27.8 Å². The van der Waals surface area contributed by atoms with Crippen LogP contribution in [-0.2, 0) is 10.0 Å². The standard InChI is InChI=1S/C18H23N7O2S/c1-3-19-17-13-18(24-14(2)23-17)20-10-11-22-28(26,27)16-7-5-15(6-8-16)25-12-4-9-21-25/h4-9,12-13,22H,3,10-11H2,1-2H3,(H2,19,20,23,24). The molecule has 1 aromatic carbocycles. The Bertz CT molecular complexity index is 1000. The van der Waals surface area contributed by atoms with Gasteiger partial charge in [-0.2, -0.15) is 5.10 Å². The van der Waals surface area contributed by atoms with E-state index in [0.29, 0.717) is 18.2 Å². The molecular formula is C18H23N7O2S. The summed E-state index contributed by atoms with van der Waals surface area (Å²) in [6.45, 7) is 5.17. The molecule has 0 bridgehead atoms. The Kier molecular flexibility index (Phi) is 6.22. The summed E-state index contributed by atoms with van der Waals surface area (Å²) in [5.74, 6) is 2.01. The topological polar surface area (TPSA) is 114 Å². The maximum absolute atomic E-state index is 12.4. The lowest BCUT2D eigenvalue weighted by Crippen LogP contribution is -2.29. The van der Waals surface area contributed by atoms with E-state index in [0.717, 1.165) is 18.1 Å². The summed E-state index contributed by atoms with van der Waals surface area (Å²) in [7, 11) is -3.59. The molecule has 2 heterocycles. The normalized spacial score (nSPS) is 11.4. The third-order valence-electron chi connectivity index (χ3n) is 3.84. The monoisotopic (exact) mass is 401 g/mol. The third-order valence-corrected chi connectivity index (χ3v) is 5.31. The van der Waals surface area contributed by atoms with Crippen LogP contribution in [-0.4, -0.2) is 47.8 Å². The predicted molar refractivity (Wildman–Crippen MR) is 108 cm³/mol. The van der Waals surface area contributed by atoms with E-state index in [4.69, 9.17) is 0 Å². The van der Waals surface area contributed by atoms with Crippen molar-refractivity contribution in [3.8, 4) is 5.69 Å². The molecule has 3 aromatic rings. The van der Waals surface area contributed by atoms with E-state index < -0.39 is 10.0 Å². The zero-order valence-corrected chi connectivity index (χ0v) is 16.6. The highest BCUT2D eigenvalue weighted by Crippen LogP contribution is 2.13. The third kappa shape index (κ3) is 5.05. The van der Waals surface area contributed by atoms with Crippen LogP contribution in [0.5, 0.6) is 0 Å². The predicted octanol–water partition coefficient (Wildman–Crippen LogP) is 1.79. The average molecular weight is 401 g/mol. The molecule has 3 rings (SSSR count). The van der Waals surface area contributed by atoms with Gasteiger partial charge in [0, 0.05) is 38.1 Å². The van der Waals surface area contributed by atoms with Gasteiger partial charge in [-0.3, -0.25) is 0 Å². The molecule has 0 saturated carbocycles. The van der Waals surface area contributed by atoms with Gasteiger partial charge in [0.25, 0.3) is 0 Å². The summed E-state index contributed by atoms with van der Waals surface area (Å²) in [6, 6.07) is 10.1. The fourth-order valence-corrected chi connectivity index (χ4v) is 3.62. The number of hydrogen-bond acceptors (Lipinski definition) is 7. The molecule has 3 N–H and O–H groups in total. The highest BCUT2D eigenvalue weighted by Gasteiger charge is 2.13. The number of benzene rings is 1. The molecule has 0 radical (unpaired) electrons. The summed E-state index contributed by atoms with van der Waals surface area (Å²) >= 11 is 0. The molecule has 10 heteroatoms. The van der Waals surface area contributed by atoms with Crippen molar-refractivity contribution in [1.29, 1.82) is 0 Å². The molecule has 0 spiro atoms. The second kappa shape index (κ2) is 8.81. The maximum Gasteiger partial charge on any atom is 0.240 e. The molecule has 0 fully saturated rings. The number of aromatic nitrogens is 4. The van der Waals surface area contributed by atoms with Crippen LogP contribution in [0.1, 0.15) is 12.7 Å². The van der Waals surface area contributed by atoms with E-state index in [1.165, 1.54) is 0 Å². The first-order chi connectivity index (χ1) is 13.5. The van der Waals surface area contributed by atoms with Crippen LogP contribution in [0.25, 0.3) is 5.69 Å². The molecule has 0 atom stereocenters. The van der Waals surface area contributed by atoms with Crippen molar-refractivity contribution in [2.24, 2.45) is 0 Å². The summed E-state index contributed by atoms with van der Waals surface area (Å²) in [5, 5.41) is 10.4. The van der Waals surface area contributed by atoms with E-state index in [1.54, 1.807) is 53.5 Å². The van der Waals surface area contributed by atoms with Crippen molar-refractivity contribution in [2.75, 3.05) is 30.3 Å². The number of nitrogens with zero attached hydrogens (tertiary/aromatic N) is 4. The molecule has 2 aromatic heterocycles. The van der Waals surface area contributed by atoms with Gasteiger partial charge in [0.15, 0.2) is 0 Å². The molecule has 0 aliphatic carbocycles. The molecule has 0 aliphatic rings.